The monoisotopic (exact) mass is 463 g/mol. The van der Waals surface area contributed by atoms with Crippen molar-refractivity contribution >= 4 is 11.8 Å². The third kappa shape index (κ3) is 3.75. The number of fused-ring (bicyclic) bond motifs is 2. The molecule has 3 fully saturated rings. The van der Waals surface area contributed by atoms with Gasteiger partial charge >= 0.3 is 6.18 Å². The topological polar surface area (TPSA) is 77.2 Å². The minimum Gasteiger partial charge on any atom is -0.464 e. The van der Waals surface area contributed by atoms with Crippen molar-refractivity contribution in [3.8, 4) is 0 Å². The Morgan fingerprint density at radius 1 is 1.09 bits per heavy atom. The predicted molar refractivity (Wildman–Crippen MR) is 110 cm³/mol. The van der Waals surface area contributed by atoms with E-state index >= 15 is 0 Å². The molecule has 1 aromatic heterocycles. The van der Waals surface area contributed by atoms with E-state index in [0.717, 1.165) is 12.1 Å². The number of aliphatic hydroxyl groups is 1. The number of imide groups is 1. The van der Waals surface area contributed by atoms with Gasteiger partial charge in [0.1, 0.15) is 17.1 Å². The quantitative estimate of drug-likeness (QED) is 0.701. The molecule has 2 aromatic rings. The number of benzene rings is 1. The van der Waals surface area contributed by atoms with Crippen LogP contribution in [0, 0.1) is 6.92 Å². The smallest absolute Gasteiger partial charge is 0.416 e. The van der Waals surface area contributed by atoms with Gasteiger partial charge in [-0.3, -0.25) is 24.3 Å². The highest BCUT2D eigenvalue weighted by Gasteiger charge is 2.64. The van der Waals surface area contributed by atoms with Gasteiger partial charge in [-0.1, -0.05) is 12.1 Å². The van der Waals surface area contributed by atoms with Crippen LogP contribution in [-0.2, 0) is 28.9 Å². The summed E-state index contributed by atoms with van der Waals surface area (Å²) in [6.07, 6.45) is -4.82. The second-order valence-electron chi connectivity index (χ2n) is 9.17. The van der Waals surface area contributed by atoms with Crippen molar-refractivity contribution in [1.82, 2.24) is 14.7 Å². The van der Waals surface area contributed by atoms with Crippen molar-refractivity contribution in [3.05, 3.63) is 59.0 Å². The summed E-state index contributed by atoms with van der Waals surface area (Å²) in [5.41, 5.74) is -0.938. The first-order chi connectivity index (χ1) is 15.6. The summed E-state index contributed by atoms with van der Waals surface area (Å²) in [5.74, 6) is 0.533. The minimum absolute atomic E-state index is 0.0343. The van der Waals surface area contributed by atoms with Gasteiger partial charge in [-0.25, -0.2) is 0 Å². The van der Waals surface area contributed by atoms with Crippen LogP contribution < -0.4 is 0 Å². The highest BCUT2D eigenvalue weighted by Crippen LogP contribution is 2.41. The lowest BCUT2D eigenvalue weighted by Crippen LogP contribution is -2.81. The van der Waals surface area contributed by atoms with Crippen LogP contribution in [0.5, 0.6) is 0 Å². The zero-order valence-electron chi connectivity index (χ0n) is 18.0. The fraction of sp³-hybridized carbons (Fsp3) is 0.478. The second kappa shape index (κ2) is 7.68. The molecule has 10 heteroatoms. The maximum absolute atomic E-state index is 13.5. The van der Waals surface area contributed by atoms with E-state index in [2.05, 4.69) is 0 Å². The van der Waals surface area contributed by atoms with Gasteiger partial charge in [0.05, 0.1) is 24.3 Å². The van der Waals surface area contributed by atoms with E-state index in [1.807, 2.05) is 9.80 Å². The van der Waals surface area contributed by atoms with Crippen LogP contribution >= 0.6 is 0 Å². The van der Waals surface area contributed by atoms with Gasteiger partial charge in [0.15, 0.2) is 0 Å². The number of furan rings is 1. The summed E-state index contributed by atoms with van der Waals surface area (Å²) in [5, 5.41) is 10.2. The number of halogens is 3. The summed E-state index contributed by atoms with van der Waals surface area (Å²) in [7, 11) is 0. The molecule has 176 valence electrons. The number of hydrogen-bond acceptors (Lipinski definition) is 6. The molecule has 33 heavy (non-hydrogen) atoms. The largest absolute Gasteiger partial charge is 0.464 e. The Labute approximate surface area is 188 Å². The van der Waals surface area contributed by atoms with E-state index in [9.17, 15) is 27.9 Å². The average molecular weight is 463 g/mol. The maximum Gasteiger partial charge on any atom is 0.416 e. The Hall–Kier alpha value is -2.69. The fourth-order valence-corrected chi connectivity index (χ4v) is 5.23. The normalized spacial score (nSPS) is 25.5. The molecule has 7 nitrogen and oxygen atoms in total. The van der Waals surface area contributed by atoms with E-state index in [1.54, 1.807) is 19.1 Å². The van der Waals surface area contributed by atoms with E-state index in [1.165, 1.54) is 17.0 Å². The number of likely N-dealkylation sites (tertiary alicyclic amines) is 1. The Morgan fingerprint density at radius 2 is 1.79 bits per heavy atom. The van der Waals surface area contributed by atoms with E-state index in [0.29, 0.717) is 36.7 Å². The van der Waals surface area contributed by atoms with Crippen molar-refractivity contribution in [1.29, 1.82) is 0 Å². The van der Waals surface area contributed by atoms with Gasteiger partial charge in [-0.15, -0.1) is 0 Å². The highest BCUT2D eigenvalue weighted by atomic mass is 19.4. The SMILES string of the molecule is Cc1ccc(CN2C(=O)C3CC(O)CN3C3(CN(Cc4ccc(C(F)(F)F)cc4)C3)C2=O)o1. The van der Waals surface area contributed by atoms with Crippen molar-refractivity contribution < 1.29 is 32.3 Å². The van der Waals surface area contributed by atoms with Gasteiger partial charge in [-0.05, 0) is 43.2 Å². The zero-order valence-corrected chi connectivity index (χ0v) is 18.0. The summed E-state index contributed by atoms with van der Waals surface area (Å²) >= 11 is 0. The number of piperazine rings is 1. The number of amides is 2. The second-order valence-corrected chi connectivity index (χ2v) is 9.17. The Morgan fingerprint density at radius 3 is 2.39 bits per heavy atom. The third-order valence-corrected chi connectivity index (χ3v) is 6.79. The number of aryl methyl sites for hydroxylation is 1. The molecule has 1 spiro atoms. The lowest BCUT2D eigenvalue weighted by molar-refractivity contribution is -0.181. The number of nitrogens with zero attached hydrogens (tertiary/aromatic N) is 3. The van der Waals surface area contributed by atoms with Crippen molar-refractivity contribution in [3.63, 3.8) is 0 Å². The number of β-amino-alcohol motifs (C(OH)–C–C–N with tert-alkyl or cyclic N) is 1. The number of hydrogen-bond donors (Lipinski definition) is 1. The van der Waals surface area contributed by atoms with Gasteiger partial charge < -0.3 is 9.52 Å². The molecule has 5 rings (SSSR count). The van der Waals surface area contributed by atoms with Crippen LogP contribution in [0.3, 0.4) is 0 Å². The van der Waals surface area contributed by atoms with Crippen LogP contribution in [-0.4, -0.2) is 68.9 Å². The van der Waals surface area contributed by atoms with E-state index in [4.69, 9.17) is 4.42 Å². The molecular formula is C23H24F3N3O4. The van der Waals surface area contributed by atoms with Crippen molar-refractivity contribution in [2.24, 2.45) is 0 Å². The molecule has 0 radical (unpaired) electrons. The molecule has 3 aliphatic heterocycles. The number of carbonyl (C=O) groups is 2. The molecule has 1 aromatic carbocycles. The predicted octanol–water partition coefficient (Wildman–Crippen LogP) is 2.17. The molecule has 2 atom stereocenters. The van der Waals surface area contributed by atoms with Crippen molar-refractivity contribution in [2.75, 3.05) is 19.6 Å². The molecule has 2 unspecified atom stereocenters. The van der Waals surface area contributed by atoms with Gasteiger partial charge in [-0.2, -0.15) is 13.2 Å². The molecule has 1 N–H and O–H groups in total. The molecular weight excluding hydrogens is 439 g/mol. The summed E-state index contributed by atoms with van der Waals surface area (Å²) in [6, 6.07) is 7.90. The van der Waals surface area contributed by atoms with Crippen LogP contribution in [0.1, 0.15) is 29.1 Å². The molecule has 4 heterocycles. The average Bonchev–Trinajstić information content (AvgIpc) is 3.32. The standard InChI is InChI=1S/C23H24F3N3O4/c1-14-2-7-18(33-14)11-28-20(31)19-8-17(30)10-29(19)22(21(28)32)12-27(13-22)9-15-3-5-16(6-4-15)23(24,25)26/h2-7,17,19,30H,8-13H2,1H3. The molecule has 3 aliphatic rings. The maximum atomic E-state index is 13.5. The fourth-order valence-electron chi connectivity index (χ4n) is 5.23. The minimum atomic E-state index is -4.39. The summed E-state index contributed by atoms with van der Waals surface area (Å²) in [6.45, 7) is 3.11. The van der Waals surface area contributed by atoms with E-state index < -0.39 is 29.4 Å². The van der Waals surface area contributed by atoms with Crippen LogP contribution in [0.4, 0.5) is 13.2 Å². The summed E-state index contributed by atoms with van der Waals surface area (Å²) < 4.78 is 44.0. The molecule has 2 amide bonds. The van der Waals surface area contributed by atoms with Gasteiger partial charge in [0.2, 0.25) is 5.91 Å². The molecule has 0 bridgehead atoms. The molecule has 0 saturated carbocycles. The number of alkyl halides is 3. The number of aliphatic hydroxyl groups excluding tert-OH is 1. The van der Waals surface area contributed by atoms with E-state index in [-0.39, 0.29) is 31.3 Å². The first-order valence-corrected chi connectivity index (χ1v) is 10.8. The molecule has 0 aliphatic carbocycles. The van der Waals surface area contributed by atoms with Crippen LogP contribution in [0.15, 0.2) is 40.8 Å². The van der Waals surface area contributed by atoms with Crippen molar-refractivity contribution in [2.45, 2.75) is 50.3 Å². The number of rotatable bonds is 4. The van der Waals surface area contributed by atoms with Gasteiger partial charge in [0.25, 0.3) is 5.91 Å². The Kier molecular flexibility index (Phi) is 5.15. The first-order valence-electron chi connectivity index (χ1n) is 10.8. The summed E-state index contributed by atoms with van der Waals surface area (Å²) in [4.78, 5) is 31.6. The lowest BCUT2D eigenvalue weighted by Gasteiger charge is -2.58. The Bertz CT molecular complexity index is 1080. The lowest BCUT2D eigenvalue weighted by atomic mass is 9.82. The highest BCUT2D eigenvalue weighted by molar-refractivity contribution is 6.06. The van der Waals surface area contributed by atoms with Crippen LogP contribution in [0.25, 0.3) is 0 Å². The van der Waals surface area contributed by atoms with Crippen LogP contribution in [0.2, 0.25) is 0 Å². The Balaban J connectivity index is 1.34. The molecule has 3 saturated heterocycles. The van der Waals surface area contributed by atoms with Gasteiger partial charge in [0, 0.05) is 26.2 Å². The first kappa shape index (κ1) is 22.1. The zero-order chi connectivity index (χ0) is 23.5. The third-order valence-electron chi connectivity index (χ3n) is 6.79. The number of carbonyl (C=O) groups excluding carboxylic acids is 2.